The zero-order chi connectivity index (χ0) is 24.6. The third kappa shape index (κ3) is 3.92. The zero-order valence-electron chi connectivity index (χ0n) is 19.2. The molecule has 1 amide bonds. The lowest BCUT2D eigenvalue weighted by atomic mass is 9.98. The van der Waals surface area contributed by atoms with Crippen LogP contribution in [0.5, 0.6) is 11.5 Å². The van der Waals surface area contributed by atoms with Crippen molar-refractivity contribution in [3.63, 3.8) is 0 Å². The van der Waals surface area contributed by atoms with Gasteiger partial charge >= 0.3 is 0 Å². The van der Waals surface area contributed by atoms with Crippen LogP contribution in [-0.4, -0.2) is 31.0 Å². The van der Waals surface area contributed by atoms with Crippen molar-refractivity contribution < 1.29 is 28.6 Å². The number of halogens is 1. The molecule has 1 aliphatic heterocycles. The molecule has 7 nitrogen and oxygen atoms in total. The van der Waals surface area contributed by atoms with Gasteiger partial charge < -0.3 is 19.0 Å². The first kappa shape index (κ1) is 23.4. The van der Waals surface area contributed by atoms with Crippen molar-refractivity contribution in [2.75, 3.05) is 19.1 Å². The van der Waals surface area contributed by atoms with E-state index in [0.717, 1.165) is 12.0 Å². The van der Waals surface area contributed by atoms with Crippen LogP contribution in [0.2, 0.25) is 5.02 Å². The number of aryl methyl sites for hydroxylation is 2. The molecule has 1 saturated heterocycles. The minimum atomic E-state index is -0.979. The van der Waals surface area contributed by atoms with E-state index in [1.807, 2.05) is 19.1 Å². The molecule has 2 aromatic carbocycles. The minimum absolute atomic E-state index is 0.124. The van der Waals surface area contributed by atoms with Crippen molar-refractivity contribution in [3.8, 4) is 11.5 Å². The highest BCUT2D eigenvalue weighted by Crippen LogP contribution is 2.45. The van der Waals surface area contributed by atoms with Crippen LogP contribution >= 0.6 is 11.6 Å². The monoisotopic (exact) mass is 481 g/mol. The van der Waals surface area contributed by atoms with Gasteiger partial charge in [0.05, 0.1) is 30.4 Å². The summed E-state index contributed by atoms with van der Waals surface area (Å²) in [5.41, 5.74) is 1.64. The number of hydrogen-bond donors (Lipinski definition) is 1. The third-order valence-corrected chi connectivity index (χ3v) is 6.12. The Kier molecular flexibility index (Phi) is 6.39. The van der Waals surface area contributed by atoms with Crippen LogP contribution in [-0.2, 0) is 16.0 Å². The van der Waals surface area contributed by atoms with Gasteiger partial charge in [0.2, 0.25) is 0 Å². The second-order valence-electron chi connectivity index (χ2n) is 7.82. The lowest BCUT2D eigenvalue weighted by Crippen LogP contribution is -2.29. The van der Waals surface area contributed by atoms with Crippen LogP contribution in [0.15, 0.2) is 58.5 Å². The molecule has 0 bridgehead atoms. The van der Waals surface area contributed by atoms with Gasteiger partial charge in [0.15, 0.2) is 0 Å². The van der Waals surface area contributed by atoms with Gasteiger partial charge in [0.25, 0.3) is 11.7 Å². The number of hydrogen-bond acceptors (Lipinski definition) is 6. The van der Waals surface area contributed by atoms with Crippen molar-refractivity contribution in [2.45, 2.75) is 26.3 Å². The van der Waals surface area contributed by atoms with Crippen molar-refractivity contribution >= 4 is 34.7 Å². The van der Waals surface area contributed by atoms with Crippen LogP contribution in [0.4, 0.5) is 5.69 Å². The van der Waals surface area contributed by atoms with Crippen LogP contribution in [0.25, 0.3) is 5.76 Å². The van der Waals surface area contributed by atoms with E-state index in [2.05, 4.69) is 0 Å². The predicted octanol–water partition coefficient (Wildman–Crippen LogP) is 5.45. The van der Waals surface area contributed by atoms with Crippen LogP contribution in [0.1, 0.15) is 35.6 Å². The molecule has 1 aliphatic rings. The van der Waals surface area contributed by atoms with Gasteiger partial charge in [0, 0.05) is 11.8 Å². The van der Waals surface area contributed by atoms with Crippen molar-refractivity contribution in [2.24, 2.45) is 0 Å². The van der Waals surface area contributed by atoms with E-state index in [9.17, 15) is 14.7 Å². The van der Waals surface area contributed by atoms with Gasteiger partial charge in [0.1, 0.15) is 34.8 Å². The molecule has 0 spiro atoms. The molecule has 0 aliphatic carbocycles. The maximum absolute atomic E-state index is 13.3. The first-order valence-electron chi connectivity index (χ1n) is 10.7. The summed E-state index contributed by atoms with van der Waals surface area (Å²) in [4.78, 5) is 27.9. The first-order valence-corrected chi connectivity index (χ1v) is 11.1. The molecule has 176 valence electrons. The maximum Gasteiger partial charge on any atom is 0.300 e. The number of carbonyl (C=O) groups is 2. The summed E-state index contributed by atoms with van der Waals surface area (Å²) in [7, 11) is 2.85. The molecule has 4 rings (SSSR count). The highest BCUT2D eigenvalue weighted by molar-refractivity contribution is 6.51. The maximum atomic E-state index is 13.3. The summed E-state index contributed by atoms with van der Waals surface area (Å²) in [5, 5.41) is 11.6. The summed E-state index contributed by atoms with van der Waals surface area (Å²) in [6, 6.07) is 12.7. The van der Waals surface area contributed by atoms with Gasteiger partial charge in [-0.05, 0) is 49.2 Å². The number of methoxy groups -OCH3 is 2. The molecular weight excluding hydrogens is 458 g/mol. The highest BCUT2D eigenvalue weighted by atomic mass is 35.5. The number of amides is 1. The molecule has 1 N–H and O–H groups in total. The van der Waals surface area contributed by atoms with Crippen molar-refractivity contribution in [3.05, 3.63) is 81.8 Å². The van der Waals surface area contributed by atoms with Crippen LogP contribution < -0.4 is 14.4 Å². The predicted molar refractivity (Wildman–Crippen MR) is 129 cm³/mol. The smallest absolute Gasteiger partial charge is 0.300 e. The van der Waals surface area contributed by atoms with E-state index in [0.29, 0.717) is 17.2 Å². The molecule has 1 fully saturated rings. The number of ketones is 1. The fourth-order valence-corrected chi connectivity index (χ4v) is 4.28. The Hall–Kier alpha value is -3.71. The third-order valence-electron chi connectivity index (χ3n) is 5.83. The minimum Gasteiger partial charge on any atom is -0.507 e. The number of benzene rings is 2. The Morgan fingerprint density at radius 2 is 1.74 bits per heavy atom. The Labute approximate surface area is 202 Å². The second kappa shape index (κ2) is 9.27. The number of furan rings is 1. The first-order chi connectivity index (χ1) is 16.3. The van der Waals surface area contributed by atoms with E-state index in [1.54, 1.807) is 31.2 Å². The van der Waals surface area contributed by atoms with E-state index in [-0.39, 0.29) is 27.7 Å². The molecule has 0 saturated carbocycles. The Bertz CT molecular complexity index is 1290. The van der Waals surface area contributed by atoms with Gasteiger partial charge in [-0.2, -0.15) is 0 Å². The molecule has 34 heavy (non-hydrogen) atoms. The van der Waals surface area contributed by atoms with Gasteiger partial charge in [-0.1, -0.05) is 30.7 Å². The van der Waals surface area contributed by atoms with E-state index >= 15 is 0 Å². The normalized spacial score (nSPS) is 17.3. The number of Topliss-reactive ketones (excluding diaryl/α,β-unsaturated/α-hetero) is 1. The number of anilines is 1. The summed E-state index contributed by atoms with van der Waals surface area (Å²) in [6.45, 7) is 3.79. The molecule has 1 atom stereocenters. The van der Waals surface area contributed by atoms with Gasteiger partial charge in [-0.25, -0.2) is 0 Å². The van der Waals surface area contributed by atoms with E-state index in [4.69, 9.17) is 25.5 Å². The summed E-state index contributed by atoms with van der Waals surface area (Å²) in [6.07, 6.45) is 0.831. The van der Waals surface area contributed by atoms with Gasteiger partial charge in [-0.3, -0.25) is 14.5 Å². The Morgan fingerprint density at radius 3 is 2.29 bits per heavy atom. The molecule has 1 aromatic heterocycles. The molecular formula is C26H24ClNO6. The topological polar surface area (TPSA) is 89.2 Å². The average Bonchev–Trinajstić information content (AvgIpc) is 3.39. The number of aliphatic hydroxyl groups is 1. The number of aliphatic hydroxyl groups excluding tert-OH is 1. The largest absolute Gasteiger partial charge is 0.507 e. The van der Waals surface area contributed by atoms with E-state index < -0.39 is 23.5 Å². The van der Waals surface area contributed by atoms with Gasteiger partial charge in [-0.15, -0.1) is 0 Å². The molecule has 3 aromatic rings. The van der Waals surface area contributed by atoms with Crippen molar-refractivity contribution in [1.29, 1.82) is 0 Å². The van der Waals surface area contributed by atoms with Crippen LogP contribution in [0.3, 0.4) is 0 Å². The lowest BCUT2D eigenvalue weighted by molar-refractivity contribution is -0.132. The number of ether oxygens (including phenoxy) is 2. The fourth-order valence-electron chi connectivity index (χ4n) is 4.05. The van der Waals surface area contributed by atoms with E-state index in [1.165, 1.54) is 31.3 Å². The lowest BCUT2D eigenvalue weighted by Gasteiger charge is -2.24. The quantitative estimate of drug-likeness (QED) is 0.286. The highest BCUT2D eigenvalue weighted by Gasteiger charge is 2.48. The SMILES string of the molecule is CCc1ccc(N2C(=O)C(=O)/C(=C(/O)c3cc(OC)c(Cl)cc3OC)C2c2ccc(C)o2)cc1. The Morgan fingerprint density at radius 1 is 1.06 bits per heavy atom. The van der Waals surface area contributed by atoms with Crippen LogP contribution in [0, 0.1) is 6.92 Å². The number of carbonyl (C=O) groups excluding carboxylic acids is 2. The summed E-state index contributed by atoms with van der Waals surface area (Å²) in [5.74, 6) is -0.589. The Balaban J connectivity index is 1.96. The number of rotatable bonds is 6. The molecule has 8 heteroatoms. The zero-order valence-corrected chi connectivity index (χ0v) is 20.0. The average molecular weight is 482 g/mol. The molecule has 2 heterocycles. The van der Waals surface area contributed by atoms with Crippen molar-refractivity contribution in [1.82, 2.24) is 0 Å². The number of nitrogens with zero attached hydrogens (tertiary/aromatic N) is 1. The molecule has 1 unspecified atom stereocenters. The summed E-state index contributed by atoms with van der Waals surface area (Å²) < 4.78 is 16.5. The molecule has 0 radical (unpaired) electrons. The standard InChI is InChI=1S/C26H24ClNO6/c1-5-15-7-9-16(10-8-15)28-23(19-11-6-14(2)34-19)22(25(30)26(28)31)24(29)17-12-21(33-4)18(27)13-20(17)32-3/h6-13,23,29H,5H2,1-4H3/b24-22+. The summed E-state index contributed by atoms with van der Waals surface area (Å²) >= 11 is 6.20. The fraction of sp³-hybridized carbons (Fsp3) is 0.231. The second-order valence-corrected chi connectivity index (χ2v) is 8.23.